The second-order valence-corrected chi connectivity index (χ2v) is 4.61. The van der Waals surface area contributed by atoms with Crippen molar-refractivity contribution >= 4 is 5.97 Å². The zero-order valence-electron chi connectivity index (χ0n) is 10.9. The molecule has 0 bridgehead atoms. The molecular formula is C14H19NO3. The molecule has 1 aromatic carbocycles. The molecule has 1 fully saturated rings. The summed E-state index contributed by atoms with van der Waals surface area (Å²) in [6.45, 7) is 1.95. The maximum atomic E-state index is 12.1. The normalized spacial score (nSPS) is 17.4. The van der Waals surface area contributed by atoms with E-state index in [9.17, 15) is 4.79 Å². The molecule has 18 heavy (non-hydrogen) atoms. The van der Waals surface area contributed by atoms with E-state index in [0.717, 1.165) is 25.9 Å². The van der Waals surface area contributed by atoms with Gasteiger partial charge in [0.2, 0.25) is 0 Å². The minimum Gasteiger partial charge on any atom is -0.496 e. The van der Waals surface area contributed by atoms with Crippen LogP contribution in [0.4, 0.5) is 0 Å². The highest BCUT2D eigenvalue weighted by Crippen LogP contribution is 2.21. The van der Waals surface area contributed by atoms with Crippen LogP contribution in [0.1, 0.15) is 23.2 Å². The van der Waals surface area contributed by atoms with Gasteiger partial charge in [-0.15, -0.1) is 0 Å². The van der Waals surface area contributed by atoms with Crippen molar-refractivity contribution in [1.82, 2.24) is 4.90 Å². The van der Waals surface area contributed by atoms with Gasteiger partial charge in [0.05, 0.1) is 7.11 Å². The van der Waals surface area contributed by atoms with Gasteiger partial charge in [-0.2, -0.15) is 0 Å². The standard InChI is InChI=1S/C14H19NO3/c1-15-9-7-11(8-10-15)18-14(16)12-5-3-4-6-13(12)17-2/h3-6,11H,7-10H2,1-2H3. The van der Waals surface area contributed by atoms with E-state index in [2.05, 4.69) is 11.9 Å². The molecule has 4 heteroatoms. The minimum atomic E-state index is -0.290. The molecule has 98 valence electrons. The zero-order chi connectivity index (χ0) is 13.0. The molecule has 0 amide bonds. The van der Waals surface area contributed by atoms with Crippen molar-refractivity contribution in [1.29, 1.82) is 0 Å². The number of methoxy groups -OCH3 is 1. The first-order valence-corrected chi connectivity index (χ1v) is 6.23. The van der Waals surface area contributed by atoms with Crippen LogP contribution in [0, 0.1) is 0 Å². The summed E-state index contributed by atoms with van der Waals surface area (Å²) in [4.78, 5) is 14.3. The maximum absolute atomic E-state index is 12.1. The van der Waals surface area contributed by atoms with Gasteiger partial charge in [0.15, 0.2) is 0 Å². The summed E-state index contributed by atoms with van der Waals surface area (Å²) in [5, 5.41) is 0. The number of carbonyl (C=O) groups excluding carboxylic acids is 1. The maximum Gasteiger partial charge on any atom is 0.342 e. The van der Waals surface area contributed by atoms with Crippen molar-refractivity contribution in [3.8, 4) is 5.75 Å². The number of benzene rings is 1. The van der Waals surface area contributed by atoms with Gasteiger partial charge in [-0.1, -0.05) is 12.1 Å². The molecule has 1 aliphatic rings. The second-order valence-electron chi connectivity index (χ2n) is 4.61. The molecule has 0 spiro atoms. The van der Waals surface area contributed by atoms with Crippen molar-refractivity contribution in [3.05, 3.63) is 29.8 Å². The van der Waals surface area contributed by atoms with Gasteiger partial charge < -0.3 is 14.4 Å². The van der Waals surface area contributed by atoms with E-state index in [1.165, 1.54) is 0 Å². The number of likely N-dealkylation sites (tertiary alicyclic amines) is 1. The van der Waals surface area contributed by atoms with Crippen LogP contribution in [-0.2, 0) is 4.74 Å². The Hall–Kier alpha value is -1.55. The predicted molar refractivity (Wildman–Crippen MR) is 68.9 cm³/mol. The van der Waals surface area contributed by atoms with E-state index in [-0.39, 0.29) is 12.1 Å². The molecule has 1 aliphatic heterocycles. The van der Waals surface area contributed by atoms with Crippen molar-refractivity contribution < 1.29 is 14.3 Å². The van der Waals surface area contributed by atoms with Crippen molar-refractivity contribution in [3.63, 3.8) is 0 Å². The molecule has 1 saturated heterocycles. The molecule has 0 atom stereocenters. The molecule has 1 aromatic rings. The number of esters is 1. The van der Waals surface area contributed by atoms with Crippen molar-refractivity contribution in [2.75, 3.05) is 27.2 Å². The fraction of sp³-hybridized carbons (Fsp3) is 0.500. The first-order chi connectivity index (χ1) is 8.70. The Morgan fingerprint density at radius 2 is 1.94 bits per heavy atom. The minimum absolute atomic E-state index is 0.0265. The van der Waals surface area contributed by atoms with Crippen molar-refractivity contribution in [2.24, 2.45) is 0 Å². The molecular weight excluding hydrogens is 230 g/mol. The Bertz CT molecular complexity index is 411. The molecule has 1 heterocycles. The fourth-order valence-electron chi connectivity index (χ4n) is 2.13. The Morgan fingerprint density at radius 1 is 1.28 bits per heavy atom. The number of carbonyl (C=O) groups is 1. The Kier molecular flexibility index (Phi) is 4.20. The molecule has 0 aliphatic carbocycles. The summed E-state index contributed by atoms with van der Waals surface area (Å²) in [7, 11) is 3.64. The van der Waals surface area contributed by atoms with Gasteiger partial charge in [0.1, 0.15) is 17.4 Å². The van der Waals surface area contributed by atoms with Gasteiger partial charge in [-0.05, 0) is 32.0 Å². The van der Waals surface area contributed by atoms with E-state index in [4.69, 9.17) is 9.47 Å². The summed E-state index contributed by atoms with van der Waals surface area (Å²) in [5.74, 6) is 0.275. The number of hydrogen-bond donors (Lipinski definition) is 0. The molecule has 0 saturated carbocycles. The largest absolute Gasteiger partial charge is 0.496 e. The van der Waals surface area contributed by atoms with Crippen LogP contribution in [0.3, 0.4) is 0 Å². The highest BCUT2D eigenvalue weighted by atomic mass is 16.5. The molecule has 0 radical (unpaired) electrons. The molecule has 0 N–H and O–H groups in total. The Balaban J connectivity index is 1.99. The number of rotatable bonds is 3. The lowest BCUT2D eigenvalue weighted by atomic mass is 10.1. The summed E-state index contributed by atoms with van der Waals surface area (Å²) < 4.78 is 10.7. The van der Waals surface area contributed by atoms with E-state index in [0.29, 0.717) is 11.3 Å². The van der Waals surface area contributed by atoms with Crippen molar-refractivity contribution in [2.45, 2.75) is 18.9 Å². The van der Waals surface area contributed by atoms with Gasteiger partial charge in [0.25, 0.3) is 0 Å². The lowest BCUT2D eigenvalue weighted by molar-refractivity contribution is 0.0136. The first-order valence-electron chi connectivity index (χ1n) is 6.23. The summed E-state index contributed by atoms with van der Waals surface area (Å²) in [6.07, 6.45) is 1.83. The third-order valence-electron chi connectivity index (χ3n) is 3.27. The van der Waals surface area contributed by atoms with E-state index in [1.54, 1.807) is 19.2 Å². The molecule has 0 aromatic heterocycles. The number of hydrogen-bond acceptors (Lipinski definition) is 4. The number of ether oxygens (including phenoxy) is 2. The number of para-hydroxylation sites is 1. The molecule has 0 unspecified atom stereocenters. The highest BCUT2D eigenvalue weighted by Gasteiger charge is 2.22. The van der Waals surface area contributed by atoms with E-state index >= 15 is 0 Å². The van der Waals surface area contributed by atoms with Crippen LogP contribution < -0.4 is 4.74 Å². The molecule has 4 nitrogen and oxygen atoms in total. The second kappa shape index (κ2) is 5.87. The van der Waals surface area contributed by atoms with Crippen LogP contribution in [0.5, 0.6) is 5.75 Å². The monoisotopic (exact) mass is 249 g/mol. The summed E-state index contributed by atoms with van der Waals surface area (Å²) in [6, 6.07) is 7.15. The predicted octanol–water partition coefficient (Wildman–Crippen LogP) is 1.95. The average molecular weight is 249 g/mol. The SMILES string of the molecule is COc1ccccc1C(=O)OC1CCN(C)CC1. The van der Waals surface area contributed by atoms with E-state index in [1.807, 2.05) is 12.1 Å². The first kappa shape index (κ1) is 12.9. The topological polar surface area (TPSA) is 38.8 Å². The number of nitrogens with zero attached hydrogens (tertiary/aromatic N) is 1. The van der Waals surface area contributed by atoms with Gasteiger partial charge in [-0.3, -0.25) is 0 Å². The highest BCUT2D eigenvalue weighted by molar-refractivity contribution is 5.92. The third-order valence-corrected chi connectivity index (χ3v) is 3.27. The molecule has 2 rings (SSSR count). The summed E-state index contributed by atoms with van der Waals surface area (Å²) >= 11 is 0. The fourth-order valence-corrected chi connectivity index (χ4v) is 2.13. The summed E-state index contributed by atoms with van der Waals surface area (Å²) in [5.41, 5.74) is 0.499. The lowest BCUT2D eigenvalue weighted by Crippen LogP contribution is -2.35. The van der Waals surface area contributed by atoms with Gasteiger partial charge in [-0.25, -0.2) is 4.79 Å². The van der Waals surface area contributed by atoms with Crippen LogP contribution in [0.15, 0.2) is 24.3 Å². The van der Waals surface area contributed by atoms with Gasteiger partial charge >= 0.3 is 5.97 Å². The third kappa shape index (κ3) is 3.01. The smallest absolute Gasteiger partial charge is 0.342 e. The Labute approximate surface area is 107 Å². The quantitative estimate of drug-likeness (QED) is 0.767. The zero-order valence-corrected chi connectivity index (χ0v) is 10.9. The Morgan fingerprint density at radius 3 is 2.61 bits per heavy atom. The number of piperidine rings is 1. The van der Waals surface area contributed by atoms with Crippen LogP contribution in [0.25, 0.3) is 0 Å². The van der Waals surface area contributed by atoms with Crippen LogP contribution in [-0.4, -0.2) is 44.2 Å². The lowest BCUT2D eigenvalue weighted by Gasteiger charge is -2.28. The van der Waals surface area contributed by atoms with Crippen LogP contribution in [0.2, 0.25) is 0 Å². The van der Waals surface area contributed by atoms with Gasteiger partial charge in [0, 0.05) is 13.1 Å². The average Bonchev–Trinajstić information content (AvgIpc) is 2.41. The van der Waals surface area contributed by atoms with E-state index < -0.39 is 0 Å². The van der Waals surface area contributed by atoms with Crippen LogP contribution >= 0.6 is 0 Å².